The van der Waals surface area contributed by atoms with Crippen molar-refractivity contribution in [2.45, 2.75) is 26.3 Å². The molecule has 0 heterocycles. The highest BCUT2D eigenvalue weighted by molar-refractivity contribution is 9.10. The van der Waals surface area contributed by atoms with E-state index in [1.54, 1.807) is 18.3 Å². The van der Waals surface area contributed by atoms with Gasteiger partial charge in [-0.3, -0.25) is 4.99 Å². The summed E-state index contributed by atoms with van der Waals surface area (Å²) >= 11 is 3.29. The highest BCUT2D eigenvalue weighted by atomic mass is 79.9. The SMILES string of the molecule is CC(C)(C)N=Cc1cc(Br)ccc1F. The summed E-state index contributed by atoms with van der Waals surface area (Å²) in [5, 5.41) is 0. The molecular weight excluding hydrogens is 245 g/mol. The van der Waals surface area contributed by atoms with Gasteiger partial charge in [0.2, 0.25) is 0 Å². The predicted molar refractivity (Wildman–Crippen MR) is 61.4 cm³/mol. The normalized spacial score (nSPS) is 12.4. The Morgan fingerprint density at radius 1 is 1.36 bits per heavy atom. The van der Waals surface area contributed by atoms with Gasteiger partial charge in [-0.1, -0.05) is 15.9 Å². The van der Waals surface area contributed by atoms with Crippen LogP contribution in [0.1, 0.15) is 26.3 Å². The van der Waals surface area contributed by atoms with E-state index in [9.17, 15) is 4.39 Å². The molecule has 0 unspecified atom stereocenters. The van der Waals surface area contributed by atoms with Crippen LogP contribution in [-0.4, -0.2) is 11.8 Å². The molecule has 14 heavy (non-hydrogen) atoms. The topological polar surface area (TPSA) is 12.4 Å². The number of aliphatic imine (C=N–C) groups is 1. The quantitative estimate of drug-likeness (QED) is 0.679. The minimum Gasteiger partial charge on any atom is -0.287 e. The summed E-state index contributed by atoms with van der Waals surface area (Å²) in [6.07, 6.45) is 1.57. The van der Waals surface area contributed by atoms with Crippen molar-refractivity contribution in [3.8, 4) is 0 Å². The van der Waals surface area contributed by atoms with Gasteiger partial charge in [0.15, 0.2) is 0 Å². The fourth-order valence-corrected chi connectivity index (χ4v) is 1.26. The summed E-state index contributed by atoms with van der Waals surface area (Å²) in [6, 6.07) is 4.81. The van der Waals surface area contributed by atoms with Crippen molar-refractivity contribution in [1.82, 2.24) is 0 Å². The summed E-state index contributed by atoms with van der Waals surface area (Å²) in [4.78, 5) is 4.24. The van der Waals surface area contributed by atoms with Crippen LogP contribution in [0, 0.1) is 5.82 Å². The molecular formula is C11H13BrFN. The average Bonchev–Trinajstić information content (AvgIpc) is 2.05. The van der Waals surface area contributed by atoms with Gasteiger partial charge in [-0.15, -0.1) is 0 Å². The molecule has 0 aliphatic rings. The molecule has 0 N–H and O–H groups in total. The molecule has 0 fully saturated rings. The van der Waals surface area contributed by atoms with Crippen molar-refractivity contribution in [2.24, 2.45) is 4.99 Å². The van der Waals surface area contributed by atoms with Gasteiger partial charge in [0, 0.05) is 16.3 Å². The van der Waals surface area contributed by atoms with Gasteiger partial charge in [0.05, 0.1) is 5.54 Å². The molecule has 0 saturated heterocycles. The Morgan fingerprint density at radius 3 is 2.57 bits per heavy atom. The smallest absolute Gasteiger partial charge is 0.132 e. The molecule has 0 radical (unpaired) electrons. The maximum atomic E-state index is 13.2. The number of rotatable bonds is 1. The van der Waals surface area contributed by atoms with Gasteiger partial charge < -0.3 is 0 Å². The van der Waals surface area contributed by atoms with Crippen molar-refractivity contribution in [3.63, 3.8) is 0 Å². The molecule has 0 atom stereocenters. The van der Waals surface area contributed by atoms with Gasteiger partial charge in [-0.25, -0.2) is 4.39 Å². The van der Waals surface area contributed by atoms with Crippen LogP contribution in [0.15, 0.2) is 27.7 Å². The van der Waals surface area contributed by atoms with Gasteiger partial charge >= 0.3 is 0 Å². The first-order valence-corrected chi connectivity index (χ1v) is 5.18. The van der Waals surface area contributed by atoms with Crippen molar-refractivity contribution in [1.29, 1.82) is 0 Å². The molecule has 1 nitrogen and oxygen atoms in total. The van der Waals surface area contributed by atoms with E-state index in [1.165, 1.54) is 6.07 Å². The molecule has 0 bridgehead atoms. The number of benzene rings is 1. The van der Waals surface area contributed by atoms with E-state index in [2.05, 4.69) is 20.9 Å². The van der Waals surface area contributed by atoms with Crippen LogP contribution in [0.2, 0.25) is 0 Å². The molecule has 0 saturated carbocycles. The maximum Gasteiger partial charge on any atom is 0.132 e. The first-order chi connectivity index (χ1) is 6.38. The molecule has 1 aromatic rings. The van der Waals surface area contributed by atoms with E-state index in [-0.39, 0.29) is 11.4 Å². The van der Waals surface area contributed by atoms with Gasteiger partial charge in [0.1, 0.15) is 5.82 Å². The Balaban J connectivity index is 2.97. The van der Waals surface area contributed by atoms with Crippen LogP contribution < -0.4 is 0 Å². The van der Waals surface area contributed by atoms with Gasteiger partial charge in [0.25, 0.3) is 0 Å². The first kappa shape index (κ1) is 11.4. The van der Waals surface area contributed by atoms with E-state index in [0.29, 0.717) is 5.56 Å². The highest BCUT2D eigenvalue weighted by Crippen LogP contribution is 2.15. The van der Waals surface area contributed by atoms with Gasteiger partial charge in [-0.2, -0.15) is 0 Å². The lowest BCUT2D eigenvalue weighted by Gasteiger charge is -2.10. The van der Waals surface area contributed by atoms with E-state index in [0.717, 1.165) is 4.47 Å². The van der Waals surface area contributed by atoms with E-state index in [1.807, 2.05) is 20.8 Å². The minimum atomic E-state index is -0.249. The third-order valence-corrected chi connectivity index (χ3v) is 2.04. The molecule has 3 heteroatoms. The molecule has 0 amide bonds. The Morgan fingerprint density at radius 2 is 2.00 bits per heavy atom. The summed E-state index contributed by atoms with van der Waals surface area (Å²) < 4.78 is 14.1. The number of halogens is 2. The van der Waals surface area contributed by atoms with Crippen LogP contribution in [0.5, 0.6) is 0 Å². The Kier molecular flexibility index (Phi) is 3.43. The van der Waals surface area contributed by atoms with Gasteiger partial charge in [-0.05, 0) is 39.0 Å². The average molecular weight is 258 g/mol. The van der Waals surface area contributed by atoms with Crippen molar-refractivity contribution in [3.05, 3.63) is 34.1 Å². The monoisotopic (exact) mass is 257 g/mol. The number of nitrogens with zero attached hydrogens (tertiary/aromatic N) is 1. The van der Waals surface area contributed by atoms with Crippen LogP contribution >= 0.6 is 15.9 Å². The maximum absolute atomic E-state index is 13.2. The summed E-state index contributed by atoms with van der Waals surface area (Å²) in [6.45, 7) is 5.91. The van der Waals surface area contributed by atoms with Crippen molar-refractivity contribution in [2.75, 3.05) is 0 Å². The van der Waals surface area contributed by atoms with Crippen molar-refractivity contribution < 1.29 is 4.39 Å². The molecule has 76 valence electrons. The molecule has 0 spiro atoms. The zero-order valence-corrected chi connectivity index (χ0v) is 10.1. The Labute approximate surface area is 92.2 Å². The highest BCUT2D eigenvalue weighted by Gasteiger charge is 2.06. The fourth-order valence-electron chi connectivity index (χ4n) is 0.877. The molecule has 1 rings (SSSR count). The number of hydrogen-bond donors (Lipinski definition) is 0. The minimum absolute atomic E-state index is 0.172. The van der Waals surface area contributed by atoms with Crippen molar-refractivity contribution >= 4 is 22.1 Å². The first-order valence-electron chi connectivity index (χ1n) is 4.39. The predicted octanol–water partition coefficient (Wildman–Crippen LogP) is 3.81. The van der Waals surface area contributed by atoms with Crippen LogP contribution in [-0.2, 0) is 0 Å². The lowest BCUT2D eigenvalue weighted by Crippen LogP contribution is -2.09. The zero-order valence-electron chi connectivity index (χ0n) is 8.51. The van der Waals surface area contributed by atoms with E-state index >= 15 is 0 Å². The Hall–Kier alpha value is -0.700. The lowest BCUT2D eigenvalue weighted by molar-refractivity contribution is 0.585. The molecule has 1 aromatic carbocycles. The second-order valence-electron chi connectivity index (χ2n) is 4.09. The summed E-state index contributed by atoms with van der Waals surface area (Å²) in [7, 11) is 0. The largest absolute Gasteiger partial charge is 0.287 e. The fraction of sp³-hybridized carbons (Fsp3) is 0.364. The second kappa shape index (κ2) is 4.22. The van der Waals surface area contributed by atoms with E-state index in [4.69, 9.17) is 0 Å². The third-order valence-electron chi connectivity index (χ3n) is 1.55. The van der Waals surface area contributed by atoms with Crippen LogP contribution in [0.3, 0.4) is 0 Å². The number of hydrogen-bond acceptors (Lipinski definition) is 1. The third kappa shape index (κ3) is 3.58. The summed E-state index contributed by atoms with van der Waals surface area (Å²) in [5.41, 5.74) is 0.337. The zero-order chi connectivity index (χ0) is 10.8. The molecule has 0 aliphatic carbocycles. The lowest BCUT2D eigenvalue weighted by atomic mass is 10.1. The molecule has 0 aliphatic heterocycles. The second-order valence-corrected chi connectivity index (χ2v) is 5.01. The Bertz CT molecular complexity index is 353. The standard InChI is InChI=1S/C11H13BrFN/c1-11(2,3)14-7-8-6-9(12)4-5-10(8)13/h4-7H,1-3H3. The summed E-state index contributed by atoms with van der Waals surface area (Å²) in [5.74, 6) is -0.249. The molecule has 0 aromatic heterocycles. The van der Waals surface area contributed by atoms with Crippen LogP contribution in [0.4, 0.5) is 4.39 Å². The van der Waals surface area contributed by atoms with E-state index < -0.39 is 0 Å². The van der Waals surface area contributed by atoms with Crippen LogP contribution in [0.25, 0.3) is 0 Å².